The van der Waals surface area contributed by atoms with Crippen LogP contribution in [0.1, 0.15) is 26.2 Å². The summed E-state index contributed by atoms with van der Waals surface area (Å²) in [6, 6.07) is 7.22. The van der Waals surface area contributed by atoms with Crippen molar-refractivity contribution in [3.05, 3.63) is 34.4 Å². The highest BCUT2D eigenvalue weighted by atomic mass is 16.6. The van der Waals surface area contributed by atoms with E-state index in [4.69, 9.17) is 0 Å². The molecule has 0 bridgehead atoms. The van der Waals surface area contributed by atoms with Crippen LogP contribution >= 0.6 is 0 Å². The fourth-order valence-electron chi connectivity index (χ4n) is 2.59. The third-order valence-corrected chi connectivity index (χ3v) is 3.59. The van der Waals surface area contributed by atoms with E-state index in [1.807, 2.05) is 6.07 Å². The minimum absolute atomic E-state index is 0.165. The van der Waals surface area contributed by atoms with Gasteiger partial charge in [-0.05, 0) is 31.9 Å². The van der Waals surface area contributed by atoms with Crippen LogP contribution in [0.5, 0.6) is 0 Å². The summed E-state index contributed by atoms with van der Waals surface area (Å²) in [7, 11) is 0. The predicted molar refractivity (Wildman–Crippen MR) is 76.5 cm³/mol. The Bertz CT molecular complexity index is 428. The summed E-state index contributed by atoms with van der Waals surface area (Å²) in [5.74, 6) is 0. The SMILES string of the molecule is CCCN1CCC(Nc2ccccc2[N+](=O)[O-])CC1. The number of nitro benzene ring substituents is 1. The van der Waals surface area contributed by atoms with Gasteiger partial charge in [-0.3, -0.25) is 10.1 Å². The number of nitro groups is 1. The molecule has 1 aliphatic rings. The highest BCUT2D eigenvalue weighted by molar-refractivity contribution is 5.61. The van der Waals surface area contributed by atoms with Gasteiger partial charge in [0.15, 0.2) is 0 Å². The Morgan fingerprint density at radius 3 is 2.68 bits per heavy atom. The molecule has 0 radical (unpaired) electrons. The van der Waals surface area contributed by atoms with Crippen LogP contribution in [0.2, 0.25) is 0 Å². The number of likely N-dealkylation sites (tertiary alicyclic amines) is 1. The number of nitrogens with zero attached hydrogens (tertiary/aromatic N) is 2. The summed E-state index contributed by atoms with van der Waals surface area (Å²) in [5, 5.41) is 14.3. The molecule has 1 N–H and O–H groups in total. The number of nitrogens with one attached hydrogen (secondary N) is 1. The van der Waals surface area contributed by atoms with Gasteiger partial charge < -0.3 is 10.2 Å². The maximum atomic E-state index is 11.0. The normalized spacial score (nSPS) is 17.3. The van der Waals surface area contributed by atoms with Crippen LogP contribution in [0.4, 0.5) is 11.4 Å². The highest BCUT2D eigenvalue weighted by Gasteiger charge is 2.21. The van der Waals surface area contributed by atoms with E-state index < -0.39 is 0 Å². The maximum Gasteiger partial charge on any atom is 0.292 e. The average molecular weight is 263 g/mol. The van der Waals surface area contributed by atoms with Crippen LogP contribution in [0.25, 0.3) is 0 Å². The smallest absolute Gasteiger partial charge is 0.292 e. The Hall–Kier alpha value is -1.62. The molecule has 0 aromatic heterocycles. The number of anilines is 1. The molecule has 0 aliphatic carbocycles. The summed E-state index contributed by atoms with van der Waals surface area (Å²) >= 11 is 0. The molecule has 0 atom stereocenters. The third kappa shape index (κ3) is 3.67. The summed E-state index contributed by atoms with van der Waals surface area (Å²) in [5.41, 5.74) is 0.805. The number of rotatable bonds is 5. The van der Waals surface area contributed by atoms with Crippen LogP contribution in [0, 0.1) is 10.1 Å². The quantitative estimate of drug-likeness (QED) is 0.655. The topological polar surface area (TPSA) is 58.4 Å². The molecule has 1 aliphatic heterocycles. The van der Waals surface area contributed by atoms with Gasteiger partial charge in [0, 0.05) is 25.2 Å². The van der Waals surface area contributed by atoms with Crippen molar-refractivity contribution in [1.82, 2.24) is 4.90 Å². The van der Waals surface area contributed by atoms with E-state index in [0.29, 0.717) is 11.7 Å². The van der Waals surface area contributed by atoms with Gasteiger partial charge in [-0.15, -0.1) is 0 Å². The minimum atomic E-state index is -0.325. The van der Waals surface area contributed by atoms with Crippen LogP contribution in [0.3, 0.4) is 0 Å². The molecular weight excluding hydrogens is 242 g/mol. The summed E-state index contributed by atoms with van der Waals surface area (Å²) in [6.07, 6.45) is 3.28. The molecule has 1 fully saturated rings. The van der Waals surface area contributed by atoms with Gasteiger partial charge in [0.05, 0.1) is 4.92 Å². The molecule has 1 heterocycles. The molecule has 104 valence electrons. The predicted octanol–water partition coefficient (Wildman–Crippen LogP) is 2.88. The first-order chi connectivity index (χ1) is 9.20. The van der Waals surface area contributed by atoms with E-state index >= 15 is 0 Å². The lowest BCUT2D eigenvalue weighted by Crippen LogP contribution is -2.39. The maximum absolute atomic E-state index is 11.0. The number of hydrogen-bond donors (Lipinski definition) is 1. The zero-order valence-corrected chi connectivity index (χ0v) is 11.3. The van der Waals surface area contributed by atoms with E-state index in [1.54, 1.807) is 18.2 Å². The molecule has 0 unspecified atom stereocenters. The van der Waals surface area contributed by atoms with E-state index in [-0.39, 0.29) is 10.6 Å². The second-order valence-corrected chi connectivity index (χ2v) is 5.03. The number of para-hydroxylation sites is 2. The first-order valence-electron chi connectivity index (χ1n) is 6.93. The lowest BCUT2D eigenvalue weighted by Gasteiger charge is -2.32. The van der Waals surface area contributed by atoms with Gasteiger partial charge in [-0.2, -0.15) is 0 Å². The van der Waals surface area contributed by atoms with Crippen molar-refractivity contribution >= 4 is 11.4 Å². The fourth-order valence-corrected chi connectivity index (χ4v) is 2.59. The number of hydrogen-bond acceptors (Lipinski definition) is 4. The van der Waals surface area contributed by atoms with E-state index in [0.717, 1.165) is 32.5 Å². The van der Waals surface area contributed by atoms with E-state index in [2.05, 4.69) is 17.1 Å². The largest absolute Gasteiger partial charge is 0.377 e. The summed E-state index contributed by atoms with van der Waals surface area (Å²) < 4.78 is 0. The third-order valence-electron chi connectivity index (χ3n) is 3.59. The van der Waals surface area contributed by atoms with Crippen molar-refractivity contribution in [2.75, 3.05) is 25.0 Å². The summed E-state index contributed by atoms with van der Waals surface area (Å²) in [6.45, 7) is 5.49. The zero-order valence-electron chi connectivity index (χ0n) is 11.3. The number of piperidine rings is 1. The van der Waals surface area contributed by atoms with Gasteiger partial charge in [0.1, 0.15) is 5.69 Å². The Kier molecular flexibility index (Phi) is 4.74. The molecule has 1 saturated heterocycles. The Balaban J connectivity index is 1.94. The lowest BCUT2D eigenvalue weighted by molar-refractivity contribution is -0.384. The van der Waals surface area contributed by atoms with Crippen molar-refractivity contribution in [2.45, 2.75) is 32.2 Å². The van der Waals surface area contributed by atoms with Crippen molar-refractivity contribution in [3.8, 4) is 0 Å². The van der Waals surface area contributed by atoms with Gasteiger partial charge in [0.2, 0.25) is 0 Å². The monoisotopic (exact) mass is 263 g/mol. The molecule has 1 aromatic carbocycles. The summed E-state index contributed by atoms with van der Waals surface area (Å²) in [4.78, 5) is 13.1. The second-order valence-electron chi connectivity index (χ2n) is 5.03. The van der Waals surface area contributed by atoms with E-state index in [9.17, 15) is 10.1 Å². The minimum Gasteiger partial charge on any atom is -0.377 e. The Morgan fingerprint density at radius 1 is 1.37 bits per heavy atom. The molecule has 5 heteroatoms. The highest BCUT2D eigenvalue weighted by Crippen LogP contribution is 2.26. The standard InChI is InChI=1S/C14H21N3O2/c1-2-9-16-10-7-12(8-11-16)15-13-5-3-4-6-14(13)17(18)19/h3-6,12,15H,2,7-11H2,1H3. The average Bonchev–Trinajstić information content (AvgIpc) is 2.42. The fraction of sp³-hybridized carbons (Fsp3) is 0.571. The molecule has 19 heavy (non-hydrogen) atoms. The van der Waals surface area contributed by atoms with Crippen molar-refractivity contribution in [2.24, 2.45) is 0 Å². The second kappa shape index (κ2) is 6.52. The van der Waals surface area contributed by atoms with Gasteiger partial charge in [-0.25, -0.2) is 0 Å². The Labute approximate surface area is 113 Å². The lowest BCUT2D eigenvalue weighted by atomic mass is 10.0. The zero-order chi connectivity index (χ0) is 13.7. The molecular formula is C14H21N3O2. The van der Waals surface area contributed by atoms with Crippen molar-refractivity contribution in [3.63, 3.8) is 0 Å². The molecule has 0 amide bonds. The molecule has 0 saturated carbocycles. The number of benzene rings is 1. The first-order valence-corrected chi connectivity index (χ1v) is 6.93. The van der Waals surface area contributed by atoms with Crippen molar-refractivity contribution in [1.29, 1.82) is 0 Å². The van der Waals surface area contributed by atoms with Crippen LogP contribution < -0.4 is 5.32 Å². The molecule has 0 spiro atoms. The molecule has 2 rings (SSSR count). The van der Waals surface area contributed by atoms with Crippen LogP contribution in [0.15, 0.2) is 24.3 Å². The van der Waals surface area contributed by atoms with E-state index in [1.165, 1.54) is 6.42 Å². The van der Waals surface area contributed by atoms with Gasteiger partial charge >= 0.3 is 0 Å². The van der Waals surface area contributed by atoms with Crippen LogP contribution in [-0.4, -0.2) is 35.5 Å². The first kappa shape index (κ1) is 13.8. The molecule has 5 nitrogen and oxygen atoms in total. The molecule has 1 aromatic rings. The Morgan fingerprint density at radius 2 is 2.05 bits per heavy atom. The van der Waals surface area contributed by atoms with Gasteiger partial charge in [-0.1, -0.05) is 19.1 Å². The van der Waals surface area contributed by atoms with Crippen molar-refractivity contribution < 1.29 is 4.92 Å². The van der Waals surface area contributed by atoms with Crippen LogP contribution in [-0.2, 0) is 0 Å². The van der Waals surface area contributed by atoms with Gasteiger partial charge in [0.25, 0.3) is 5.69 Å².